The van der Waals surface area contributed by atoms with Crippen molar-refractivity contribution in [1.29, 1.82) is 0 Å². The number of halogens is 1. The highest BCUT2D eigenvalue weighted by Crippen LogP contribution is 2.24. The summed E-state index contributed by atoms with van der Waals surface area (Å²) in [6.07, 6.45) is 4.55. The van der Waals surface area contributed by atoms with E-state index < -0.39 is 11.7 Å². The van der Waals surface area contributed by atoms with Gasteiger partial charge in [0.15, 0.2) is 5.82 Å². The van der Waals surface area contributed by atoms with Gasteiger partial charge in [-0.1, -0.05) is 0 Å². The third kappa shape index (κ3) is 3.00. The number of hydrogen-bond acceptors (Lipinski definition) is 3. The molecule has 0 aliphatic heterocycles. The van der Waals surface area contributed by atoms with Gasteiger partial charge < -0.3 is 10.4 Å². The molecule has 0 aromatic carbocycles. The first-order valence-corrected chi connectivity index (χ1v) is 5.72. The molecule has 2 atom stereocenters. The molecule has 2 N–H and O–H groups in total. The summed E-state index contributed by atoms with van der Waals surface area (Å²) < 4.78 is 13.2. The zero-order valence-corrected chi connectivity index (χ0v) is 9.40. The maximum Gasteiger partial charge on any atom is 0.254 e. The van der Waals surface area contributed by atoms with Crippen molar-refractivity contribution in [3.8, 4) is 0 Å². The highest BCUT2D eigenvalue weighted by molar-refractivity contribution is 5.94. The Kier molecular flexibility index (Phi) is 3.68. The first-order valence-electron chi connectivity index (χ1n) is 5.72. The second-order valence-corrected chi connectivity index (χ2v) is 4.40. The first kappa shape index (κ1) is 12.0. The van der Waals surface area contributed by atoms with Gasteiger partial charge in [-0.15, -0.1) is 0 Å². The minimum Gasteiger partial charge on any atom is -0.393 e. The summed E-state index contributed by atoms with van der Waals surface area (Å²) in [5.41, 5.74) is 0.0125. The van der Waals surface area contributed by atoms with Gasteiger partial charge in [-0.2, -0.15) is 0 Å². The van der Waals surface area contributed by atoms with Gasteiger partial charge in [-0.3, -0.25) is 9.78 Å². The highest BCUT2D eigenvalue weighted by Gasteiger charge is 2.23. The quantitative estimate of drug-likeness (QED) is 0.829. The molecule has 1 saturated carbocycles. The lowest BCUT2D eigenvalue weighted by atomic mass is 10.1. The molecule has 1 amide bonds. The van der Waals surface area contributed by atoms with E-state index in [4.69, 9.17) is 0 Å². The summed E-state index contributed by atoms with van der Waals surface area (Å²) in [6.45, 7) is 0.484. The largest absolute Gasteiger partial charge is 0.393 e. The van der Waals surface area contributed by atoms with Gasteiger partial charge in [0.2, 0.25) is 0 Å². The van der Waals surface area contributed by atoms with E-state index in [2.05, 4.69) is 10.3 Å². The van der Waals surface area contributed by atoms with Crippen LogP contribution in [-0.4, -0.2) is 28.6 Å². The summed E-state index contributed by atoms with van der Waals surface area (Å²) >= 11 is 0. The molecule has 1 heterocycles. The van der Waals surface area contributed by atoms with E-state index in [0.29, 0.717) is 18.9 Å². The van der Waals surface area contributed by atoms with Gasteiger partial charge in [0.1, 0.15) is 0 Å². The van der Waals surface area contributed by atoms with Crippen molar-refractivity contribution < 1.29 is 14.3 Å². The van der Waals surface area contributed by atoms with E-state index in [1.807, 2.05) is 0 Å². The van der Waals surface area contributed by atoms with E-state index >= 15 is 0 Å². The SMILES string of the molecule is O=C(NCC1CCC(O)C1)c1ccncc1F. The van der Waals surface area contributed by atoms with Crippen LogP contribution in [-0.2, 0) is 0 Å². The fourth-order valence-corrected chi connectivity index (χ4v) is 2.13. The Morgan fingerprint density at radius 3 is 3.06 bits per heavy atom. The lowest BCUT2D eigenvalue weighted by molar-refractivity contribution is 0.0941. The smallest absolute Gasteiger partial charge is 0.254 e. The van der Waals surface area contributed by atoms with Crippen LogP contribution in [0.1, 0.15) is 29.6 Å². The minimum absolute atomic E-state index is 0.0125. The average Bonchev–Trinajstić information content (AvgIpc) is 2.73. The summed E-state index contributed by atoms with van der Waals surface area (Å²) in [4.78, 5) is 15.2. The van der Waals surface area contributed by atoms with Crippen LogP contribution in [0.4, 0.5) is 4.39 Å². The number of nitrogens with zero attached hydrogens (tertiary/aromatic N) is 1. The molecule has 92 valence electrons. The van der Waals surface area contributed by atoms with E-state index in [9.17, 15) is 14.3 Å². The fourth-order valence-electron chi connectivity index (χ4n) is 2.13. The van der Waals surface area contributed by atoms with E-state index in [-0.39, 0.29) is 11.7 Å². The van der Waals surface area contributed by atoms with Crippen LogP contribution >= 0.6 is 0 Å². The van der Waals surface area contributed by atoms with Crippen LogP contribution in [0.25, 0.3) is 0 Å². The van der Waals surface area contributed by atoms with Crippen LogP contribution in [0, 0.1) is 11.7 Å². The van der Waals surface area contributed by atoms with Crippen molar-refractivity contribution in [2.45, 2.75) is 25.4 Å². The molecule has 0 spiro atoms. The summed E-state index contributed by atoms with van der Waals surface area (Å²) in [6, 6.07) is 1.36. The van der Waals surface area contributed by atoms with Gasteiger partial charge >= 0.3 is 0 Å². The Morgan fingerprint density at radius 1 is 1.59 bits per heavy atom. The third-order valence-electron chi connectivity index (χ3n) is 3.08. The molecular formula is C12H15FN2O2. The maximum atomic E-state index is 13.2. The number of hydrogen-bond donors (Lipinski definition) is 2. The number of rotatable bonds is 3. The van der Waals surface area contributed by atoms with Gasteiger partial charge in [0, 0.05) is 12.7 Å². The number of aromatic nitrogens is 1. The van der Waals surface area contributed by atoms with Gasteiger partial charge in [-0.25, -0.2) is 4.39 Å². The normalized spacial score (nSPS) is 23.6. The topological polar surface area (TPSA) is 62.2 Å². The fraction of sp³-hybridized carbons (Fsp3) is 0.500. The van der Waals surface area contributed by atoms with Crippen molar-refractivity contribution in [2.24, 2.45) is 5.92 Å². The molecule has 4 nitrogen and oxygen atoms in total. The zero-order chi connectivity index (χ0) is 12.3. The van der Waals surface area contributed by atoms with Crippen molar-refractivity contribution in [3.05, 3.63) is 29.8 Å². The van der Waals surface area contributed by atoms with E-state index in [0.717, 1.165) is 19.0 Å². The summed E-state index contributed by atoms with van der Waals surface area (Å²) in [5.74, 6) is -0.749. The number of amides is 1. The Morgan fingerprint density at radius 2 is 2.41 bits per heavy atom. The molecule has 1 aromatic heterocycles. The Bertz CT molecular complexity index is 411. The lowest BCUT2D eigenvalue weighted by Gasteiger charge is -2.11. The number of carbonyl (C=O) groups is 1. The second-order valence-electron chi connectivity index (χ2n) is 4.40. The van der Waals surface area contributed by atoms with Crippen molar-refractivity contribution >= 4 is 5.91 Å². The second kappa shape index (κ2) is 5.23. The van der Waals surface area contributed by atoms with Crippen LogP contribution < -0.4 is 5.32 Å². The molecule has 0 radical (unpaired) electrons. The molecule has 5 heteroatoms. The molecule has 1 aromatic rings. The predicted molar refractivity (Wildman–Crippen MR) is 59.9 cm³/mol. The van der Waals surface area contributed by atoms with Gasteiger partial charge in [-0.05, 0) is 31.2 Å². The van der Waals surface area contributed by atoms with Crippen LogP contribution in [0.15, 0.2) is 18.5 Å². The first-order chi connectivity index (χ1) is 8.16. The van der Waals surface area contributed by atoms with Crippen molar-refractivity contribution in [1.82, 2.24) is 10.3 Å². The Balaban J connectivity index is 1.88. The van der Waals surface area contributed by atoms with E-state index in [1.165, 1.54) is 12.3 Å². The van der Waals surface area contributed by atoms with Crippen LogP contribution in [0.3, 0.4) is 0 Å². The average molecular weight is 238 g/mol. The molecule has 0 saturated heterocycles. The molecule has 0 bridgehead atoms. The third-order valence-corrected chi connectivity index (χ3v) is 3.08. The van der Waals surface area contributed by atoms with Crippen molar-refractivity contribution in [2.75, 3.05) is 6.54 Å². The van der Waals surface area contributed by atoms with Crippen LogP contribution in [0.2, 0.25) is 0 Å². The van der Waals surface area contributed by atoms with E-state index in [1.54, 1.807) is 0 Å². The van der Waals surface area contributed by atoms with Crippen LogP contribution in [0.5, 0.6) is 0 Å². The number of aliphatic hydroxyl groups excluding tert-OH is 1. The predicted octanol–water partition coefficient (Wildman–Crippen LogP) is 1.11. The maximum absolute atomic E-state index is 13.2. The molecule has 2 rings (SSSR count). The molecule has 1 fully saturated rings. The number of carbonyl (C=O) groups excluding carboxylic acids is 1. The molecule has 1 aliphatic rings. The monoisotopic (exact) mass is 238 g/mol. The molecule has 17 heavy (non-hydrogen) atoms. The number of aliphatic hydroxyl groups is 1. The highest BCUT2D eigenvalue weighted by atomic mass is 19.1. The van der Waals surface area contributed by atoms with Gasteiger partial charge in [0.05, 0.1) is 17.9 Å². The van der Waals surface area contributed by atoms with Crippen molar-refractivity contribution in [3.63, 3.8) is 0 Å². The minimum atomic E-state index is -0.614. The Hall–Kier alpha value is -1.49. The molecule has 1 aliphatic carbocycles. The summed E-state index contributed by atoms with van der Waals surface area (Å²) in [5, 5.41) is 12.0. The zero-order valence-electron chi connectivity index (χ0n) is 9.40. The molecular weight excluding hydrogens is 223 g/mol. The number of nitrogens with one attached hydrogen (secondary N) is 1. The standard InChI is InChI=1S/C12H15FN2O2/c13-11-7-14-4-3-10(11)12(17)15-6-8-1-2-9(16)5-8/h3-4,7-9,16H,1-2,5-6H2,(H,15,17). The lowest BCUT2D eigenvalue weighted by Crippen LogP contribution is -2.29. The Labute approximate surface area is 98.9 Å². The summed E-state index contributed by atoms with van der Waals surface area (Å²) in [7, 11) is 0. The van der Waals surface area contributed by atoms with Gasteiger partial charge in [0.25, 0.3) is 5.91 Å². The molecule has 2 unspecified atom stereocenters. The number of pyridine rings is 1.